The van der Waals surface area contributed by atoms with Crippen LogP contribution in [0.3, 0.4) is 0 Å². The summed E-state index contributed by atoms with van der Waals surface area (Å²) in [6, 6.07) is 6.69. The molecule has 6 nitrogen and oxygen atoms in total. The number of carboxylic acids is 1. The van der Waals surface area contributed by atoms with Crippen LogP contribution in [0.2, 0.25) is 0 Å². The first-order valence-corrected chi connectivity index (χ1v) is 6.05. The van der Waals surface area contributed by atoms with Gasteiger partial charge in [-0.1, -0.05) is 17.2 Å². The second kappa shape index (κ2) is 7.28. The van der Waals surface area contributed by atoms with Crippen LogP contribution in [-0.2, 0) is 4.79 Å². The largest absolute Gasteiger partial charge is 0.491 e. The van der Waals surface area contributed by atoms with Gasteiger partial charge in [-0.3, -0.25) is 4.79 Å². The molecule has 0 bridgehead atoms. The van der Waals surface area contributed by atoms with Crippen LogP contribution in [0.15, 0.2) is 29.4 Å². The SMILES string of the molecule is CC(C)Oc1ccc(C(CCC(=O)O)N=[N+]=[N-])cc1. The predicted molar refractivity (Wildman–Crippen MR) is 71.0 cm³/mol. The van der Waals surface area contributed by atoms with Gasteiger partial charge in [-0.25, -0.2) is 0 Å². The van der Waals surface area contributed by atoms with Crippen molar-refractivity contribution in [3.05, 3.63) is 40.3 Å². The van der Waals surface area contributed by atoms with Crippen LogP contribution in [0.25, 0.3) is 10.4 Å². The standard InChI is InChI=1S/C13H17N3O3/c1-9(2)19-11-5-3-10(4-6-11)12(15-16-14)7-8-13(17)18/h3-6,9,12H,7-8H2,1-2H3,(H,17,18). The van der Waals surface area contributed by atoms with E-state index >= 15 is 0 Å². The number of carbonyl (C=O) groups is 1. The third-order valence-electron chi connectivity index (χ3n) is 2.46. The number of azide groups is 1. The lowest BCUT2D eigenvalue weighted by Gasteiger charge is -2.13. The second-order valence-electron chi connectivity index (χ2n) is 4.39. The fourth-order valence-electron chi connectivity index (χ4n) is 1.65. The van der Waals surface area contributed by atoms with Gasteiger partial charge in [0.05, 0.1) is 12.1 Å². The quantitative estimate of drug-likeness (QED) is 0.461. The van der Waals surface area contributed by atoms with Crippen molar-refractivity contribution in [2.75, 3.05) is 0 Å². The Bertz CT molecular complexity index is 465. The molecule has 0 saturated carbocycles. The van der Waals surface area contributed by atoms with Crippen LogP contribution in [0.1, 0.15) is 38.3 Å². The predicted octanol–water partition coefficient (Wildman–Crippen LogP) is 3.69. The third kappa shape index (κ3) is 5.31. The molecule has 102 valence electrons. The fourth-order valence-corrected chi connectivity index (χ4v) is 1.65. The molecule has 19 heavy (non-hydrogen) atoms. The number of benzene rings is 1. The second-order valence-corrected chi connectivity index (χ2v) is 4.39. The van der Waals surface area contributed by atoms with Crippen LogP contribution >= 0.6 is 0 Å². The van der Waals surface area contributed by atoms with Gasteiger partial charge in [-0.05, 0) is 43.5 Å². The molecule has 0 amide bonds. The summed E-state index contributed by atoms with van der Waals surface area (Å²) in [5.74, 6) is -0.172. The Kier molecular flexibility index (Phi) is 5.70. The zero-order chi connectivity index (χ0) is 14.3. The van der Waals surface area contributed by atoms with E-state index in [1.165, 1.54) is 0 Å². The molecular weight excluding hydrogens is 246 g/mol. The van der Waals surface area contributed by atoms with E-state index in [0.717, 1.165) is 11.3 Å². The van der Waals surface area contributed by atoms with E-state index in [-0.39, 0.29) is 18.9 Å². The molecule has 0 aliphatic carbocycles. The van der Waals surface area contributed by atoms with Crippen LogP contribution in [0.5, 0.6) is 5.75 Å². The summed E-state index contributed by atoms with van der Waals surface area (Å²) in [5.41, 5.74) is 9.31. The first-order valence-electron chi connectivity index (χ1n) is 6.05. The van der Waals surface area contributed by atoms with E-state index in [4.69, 9.17) is 15.4 Å². The highest BCUT2D eigenvalue weighted by atomic mass is 16.5. The van der Waals surface area contributed by atoms with E-state index in [9.17, 15) is 4.79 Å². The molecule has 0 radical (unpaired) electrons. The first kappa shape index (κ1) is 14.9. The lowest BCUT2D eigenvalue weighted by Crippen LogP contribution is -2.05. The molecule has 6 heteroatoms. The average molecular weight is 263 g/mol. The number of hydrogen-bond acceptors (Lipinski definition) is 3. The fraction of sp³-hybridized carbons (Fsp3) is 0.462. The van der Waals surface area contributed by atoms with E-state index in [1.54, 1.807) is 24.3 Å². The van der Waals surface area contributed by atoms with E-state index in [2.05, 4.69) is 10.0 Å². The van der Waals surface area contributed by atoms with Gasteiger partial charge in [0, 0.05) is 11.3 Å². The van der Waals surface area contributed by atoms with Crippen molar-refractivity contribution >= 4 is 5.97 Å². The van der Waals surface area contributed by atoms with Gasteiger partial charge in [-0.15, -0.1) is 0 Å². The van der Waals surface area contributed by atoms with Gasteiger partial charge in [0.2, 0.25) is 0 Å². The summed E-state index contributed by atoms with van der Waals surface area (Å²) in [5, 5.41) is 12.3. The van der Waals surface area contributed by atoms with Crippen LogP contribution in [0, 0.1) is 0 Å². The minimum absolute atomic E-state index is 0.0338. The average Bonchev–Trinajstić information content (AvgIpc) is 2.34. The Morgan fingerprint density at radius 2 is 2.05 bits per heavy atom. The minimum atomic E-state index is -0.905. The molecule has 1 N–H and O–H groups in total. The lowest BCUT2D eigenvalue weighted by atomic mass is 10.0. The number of carboxylic acid groups (broad SMARTS) is 1. The number of rotatable bonds is 7. The molecule has 0 saturated heterocycles. The summed E-state index contributed by atoms with van der Waals surface area (Å²) in [6.45, 7) is 3.87. The Hall–Kier alpha value is -2.20. The highest BCUT2D eigenvalue weighted by Gasteiger charge is 2.12. The topological polar surface area (TPSA) is 95.3 Å². The molecule has 0 heterocycles. The van der Waals surface area contributed by atoms with Crippen LogP contribution in [0.4, 0.5) is 0 Å². The zero-order valence-electron chi connectivity index (χ0n) is 11.0. The van der Waals surface area contributed by atoms with E-state index < -0.39 is 12.0 Å². The number of hydrogen-bond donors (Lipinski definition) is 1. The maximum atomic E-state index is 10.6. The summed E-state index contributed by atoms with van der Waals surface area (Å²) >= 11 is 0. The third-order valence-corrected chi connectivity index (χ3v) is 2.46. The van der Waals surface area contributed by atoms with Crippen LogP contribution < -0.4 is 4.74 Å². The van der Waals surface area contributed by atoms with Crippen molar-refractivity contribution in [3.63, 3.8) is 0 Å². The Morgan fingerprint density at radius 1 is 1.42 bits per heavy atom. The summed E-state index contributed by atoms with van der Waals surface area (Å²) in [7, 11) is 0. The molecule has 0 aromatic heterocycles. The zero-order valence-corrected chi connectivity index (χ0v) is 11.0. The number of ether oxygens (including phenoxy) is 1. The minimum Gasteiger partial charge on any atom is -0.491 e. The molecule has 1 aromatic carbocycles. The van der Waals surface area contributed by atoms with Gasteiger partial charge in [0.25, 0.3) is 0 Å². The Labute approximate surface area is 111 Å². The van der Waals surface area contributed by atoms with Crippen molar-refractivity contribution in [2.24, 2.45) is 5.11 Å². The van der Waals surface area contributed by atoms with Gasteiger partial charge in [-0.2, -0.15) is 0 Å². The monoisotopic (exact) mass is 263 g/mol. The Morgan fingerprint density at radius 3 is 2.53 bits per heavy atom. The number of nitrogens with zero attached hydrogens (tertiary/aromatic N) is 3. The molecule has 1 rings (SSSR count). The first-order chi connectivity index (χ1) is 9.02. The molecule has 0 aliphatic rings. The van der Waals surface area contributed by atoms with Crippen molar-refractivity contribution < 1.29 is 14.6 Å². The van der Waals surface area contributed by atoms with Gasteiger partial charge >= 0.3 is 5.97 Å². The molecule has 0 aliphatic heterocycles. The van der Waals surface area contributed by atoms with E-state index in [0.29, 0.717) is 0 Å². The number of aliphatic carboxylic acids is 1. The van der Waals surface area contributed by atoms with Crippen molar-refractivity contribution in [3.8, 4) is 5.75 Å². The molecule has 0 fully saturated rings. The van der Waals surface area contributed by atoms with Crippen molar-refractivity contribution in [2.45, 2.75) is 38.8 Å². The summed E-state index contributed by atoms with van der Waals surface area (Å²) in [6.07, 6.45) is 0.336. The van der Waals surface area contributed by atoms with Gasteiger partial charge < -0.3 is 9.84 Å². The van der Waals surface area contributed by atoms with Gasteiger partial charge in [0.15, 0.2) is 0 Å². The highest BCUT2D eigenvalue weighted by molar-refractivity contribution is 5.66. The lowest BCUT2D eigenvalue weighted by molar-refractivity contribution is -0.137. The molecule has 0 spiro atoms. The Balaban J connectivity index is 2.79. The highest BCUT2D eigenvalue weighted by Crippen LogP contribution is 2.25. The molecular formula is C13H17N3O3. The maximum absolute atomic E-state index is 10.6. The molecule has 1 aromatic rings. The summed E-state index contributed by atoms with van der Waals surface area (Å²) < 4.78 is 5.51. The smallest absolute Gasteiger partial charge is 0.303 e. The van der Waals surface area contributed by atoms with Crippen molar-refractivity contribution in [1.82, 2.24) is 0 Å². The van der Waals surface area contributed by atoms with Crippen LogP contribution in [-0.4, -0.2) is 17.2 Å². The van der Waals surface area contributed by atoms with E-state index in [1.807, 2.05) is 13.8 Å². The summed E-state index contributed by atoms with van der Waals surface area (Å²) in [4.78, 5) is 13.3. The maximum Gasteiger partial charge on any atom is 0.303 e. The normalized spacial score (nSPS) is 11.7. The molecule has 1 atom stereocenters. The molecule has 1 unspecified atom stereocenters. The van der Waals surface area contributed by atoms with Gasteiger partial charge in [0.1, 0.15) is 5.75 Å². The van der Waals surface area contributed by atoms with Crippen molar-refractivity contribution in [1.29, 1.82) is 0 Å².